The van der Waals surface area contributed by atoms with Crippen molar-refractivity contribution in [1.29, 1.82) is 0 Å². The largest absolute Gasteiger partial charge is 0.378 e. The van der Waals surface area contributed by atoms with Crippen molar-refractivity contribution < 1.29 is 0 Å². The van der Waals surface area contributed by atoms with E-state index in [1.807, 2.05) is 60.7 Å². The average Bonchev–Trinajstić information content (AvgIpc) is 2.56. The van der Waals surface area contributed by atoms with Crippen molar-refractivity contribution >= 4 is 45.6 Å². The number of nitrogens with zero attached hydrogens (tertiary/aromatic N) is 2. The predicted octanol–water partition coefficient (Wildman–Crippen LogP) is 3.85. The molecule has 0 fully saturated rings. The molecule has 23 heavy (non-hydrogen) atoms. The smallest absolute Gasteiger partial charge is 0.159 e. The van der Waals surface area contributed by atoms with Crippen LogP contribution < -0.4 is 11.5 Å². The lowest BCUT2D eigenvalue weighted by atomic mass is 10.4. The molecule has 120 valence electrons. The van der Waals surface area contributed by atoms with E-state index in [0.717, 1.165) is 9.79 Å². The minimum Gasteiger partial charge on any atom is -0.378 e. The zero-order chi connectivity index (χ0) is 16.3. The Morgan fingerprint density at radius 1 is 0.696 bits per heavy atom. The highest BCUT2D eigenvalue weighted by Crippen LogP contribution is 2.18. The van der Waals surface area contributed by atoms with Crippen LogP contribution in [-0.4, -0.2) is 22.1 Å². The van der Waals surface area contributed by atoms with Gasteiger partial charge in [-0.25, -0.2) is 0 Å². The number of aliphatic imine (C=N–C) groups is 2. The number of hydrogen-bond donors (Lipinski definition) is 2. The summed E-state index contributed by atoms with van der Waals surface area (Å²) in [6.45, 7) is 0. The van der Waals surface area contributed by atoms with E-state index in [4.69, 9.17) is 11.5 Å². The van der Waals surface area contributed by atoms with E-state index in [9.17, 15) is 0 Å². The summed E-state index contributed by atoms with van der Waals surface area (Å²) in [5.74, 6) is 1.14. The van der Waals surface area contributed by atoms with Crippen LogP contribution in [0.3, 0.4) is 0 Å². The first-order chi connectivity index (χ1) is 11.2. The molecule has 0 radical (unpaired) electrons. The fraction of sp³-hybridized carbons (Fsp3) is 0.125. The van der Waals surface area contributed by atoms with Crippen LogP contribution in [0.15, 0.2) is 80.4 Å². The van der Waals surface area contributed by atoms with Gasteiger partial charge in [-0.1, -0.05) is 59.9 Å². The number of thioether (sulfide) groups is 3. The summed E-state index contributed by atoms with van der Waals surface area (Å²) in [5, 5.41) is 1.11. The number of benzene rings is 2. The molecule has 0 aliphatic heterocycles. The van der Waals surface area contributed by atoms with Gasteiger partial charge in [-0.15, -0.1) is 11.8 Å². The van der Waals surface area contributed by atoms with E-state index in [-0.39, 0.29) is 0 Å². The van der Waals surface area contributed by atoms with E-state index >= 15 is 0 Å². The van der Waals surface area contributed by atoms with Gasteiger partial charge in [-0.05, 0) is 24.3 Å². The summed E-state index contributed by atoms with van der Waals surface area (Å²) in [5.41, 5.74) is 11.8. The first-order valence-corrected chi connectivity index (χ1v) is 9.66. The Morgan fingerprint density at radius 2 is 1.09 bits per heavy atom. The van der Waals surface area contributed by atoms with Crippen molar-refractivity contribution in [2.24, 2.45) is 21.5 Å². The molecule has 2 aromatic carbocycles. The standard InChI is InChI=1S/C16H18N4S3/c17-15(22-13-7-3-1-4-8-13)19-11-21-12-20-16(18)23-14-9-5-2-6-10-14/h1-10H,11-12H2,(H2,17,19)(H2,18,20). The van der Waals surface area contributed by atoms with Gasteiger partial charge in [0.25, 0.3) is 0 Å². The van der Waals surface area contributed by atoms with Gasteiger partial charge in [-0.3, -0.25) is 9.98 Å². The van der Waals surface area contributed by atoms with Crippen molar-refractivity contribution in [3.05, 3.63) is 60.7 Å². The second kappa shape index (κ2) is 10.3. The summed E-state index contributed by atoms with van der Waals surface area (Å²) in [7, 11) is 0. The van der Waals surface area contributed by atoms with E-state index in [1.54, 1.807) is 11.8 Å². The summed E-state index contributed by atoms with van der Waals surface area (Å²) >= 11 is 4.49. The lowest BCUT2D eigenvalue weighted by molar-refractivity contribution is 1.32. The minimum atomic E-state index is 0.555. The van der Waals surface area contributed by atoms with Crippen LogP contribution >= 0.6 is 35.3 Å². The maximum absolute atomic E-state index is 5.88. The van der Waals surface area contributed by atoms with Crippen molar-refractivity contribution in [3.8, 4) is 0 Å². The highest BCUT2D eigenvalue weighted by Gasteiger charge is 1.98. The van der Waals surface area contributed by atoms with Crippen LogP contribution in [-0.2, 0) is 0 Å². The van der Waals surface area contributed by atoms with Gasteiger partial charge in [0, 0.05) is 9.79 Å². The number of rotatable bonds is 6. The van der Waals surface area contributed by atoms with Gasteiger partial charge in [0.15, 0.2) is 10.3 Å². The normalized spacial score (nSPS) is 12.3. The highest BCUT2D eigenvalue weighted by atomic mass is 32.2. The van der Waals surface area contributed by atoms with E-state index in [0.29, 0.717) is 22.1 Å². The molecular formula is C16H18N4S3. The molecule has 4 nitrogen and oxygen atoms in total. The number of amidine groups is 2. The van der Waals surface area contributed by atoms with Crippen LogP contribution in [0.5, 0.6) is 0 Å². The van der Waals surface area contributed by atoms with E-state index in [2.05, 4.69) is 9.98 Å². The SMILES string of the molecule is NC(=NCSCN=C(N)Sc1ccccc1)Sc1ccccc1. The molecule has 0 saturated carbocycles. The predicted molar refractivity (Wildman–Crippen MR) is 105 cm³/mol. The van der Waals surface area contributed by atoms with Crippen LogP contribution in [0.1, 0.15) is 0 Å². The van der Waals surface area contributed by atoms with Crippen molar-refractivity contribution in [3.63, 3.8) is 0 Å². The summed E-state index contributed by atoms with van der Waals surface area (Å²) < 4.78 is 0. The molecule has 0 saturated heterocycles. The Balaban J connectivity index is 1.68. The molecule has 2 rings (SSSR count). The molecule has 0 aliphatic carbocycles. The van der Waals surface area contributed by atoms with Gasteiger partial charge < -0.3 is 11.5 Å². The molecule has 0 bridgehead atoms. The maximum Gasteiger partial charge on any atom is 0.159 e. The molecule has 0 amide bonds. The lowest BCUT2D eigenvalue weighted by Gasteiger charge is -2.01. The molecule has 0 heterocycles. The molecule has 0 unspecified atom stereocenters. The molecule has 0 spiro atoms. The van der Waals surface area contributed by atoms with Gasteiger partial charge >= 0.3 is 0 Å². The second-order valence-electron chi connectivity index (χ2n) is 4.29. The van der Waals surface area contributed by atoms with E-state index in [1.165, 1.54) is 23.5 Å². The Morgan fingerprint density at radius 3 is 1.48 bits per heavy atom. The molecule has 0 aliphatic rings. The third-order valence-corrected chi connectivity index (χ3v) is 4.87. The molecular weight excluding hydrogens is 344 g/mol. The maximum atomic E-state index is 5.88. The quantitative estimate of drug-likeness (QED) is 0.353. The van der Waals surface area contributed by atoms with Crippen LogP contribution in [0.25, 0.3) is 0 Å². The molecule has 7 heteroatoms. The molecule has 4 N–H and O–H groups in total. The monoisotopic (exact) mass is 362 g/mol. The van der Waals surface area contributed by atoms with Gasteiger partial charge in [0.1, 0.15) is 0 Å². The zero-order valence-corrected chi connectivity index (χ0v) is 14.9. The fourth-order valence-corrected chi connectivity index (χ4v) is 3.58. The first kappa shape index (κ1) is 17.8. The van der Waals surface area contributed by atoms with Gasteiger partial charge in [0.2, 0.25) is 0 Å². The minimum absolute atomic E-state index is 0.555. The Bertz CT molecular complexity index is 587. The summed E-state index contributed by atoms with van der Waals surface area (Å²) in [4.78, 5) is 10.8. The number of nitrogens with two attached hydrogens (primary N) is 2. The number of hydrogen-bond acceptors (Lipinski definition) is 5. The summed E-state index contributed by atoms with van der Waals surface area (Å²) in [6, 6.07) is 19.9. The van der Waals surface area contributed by atoms with Crippen molar-refractivity contribution in [2.45, 2.75) is 9.79 Å². The topological polar surface area (TPSA) is 76.8 Å². The average molecular weight is 363 g/mol. The highest BCUT2D eigenvalue weighted by molar-refractivity contribution is 8.14. The Labute approximate surface area is 149 Å². The van der Waals surface area contributed by atoms with Crippen LogP contribution in [0, 0.1) is 0 Å². The van der Waals surface area contributed by atoms with Crippen molar-refractivity contribution in [1.82, 2.24) is 0 Å². The molecule has 0 atom stereocenters. The molecule has 2 aromatic rings. The van der Waals surface area contributed by atoms with Crippen LogP contribution in [0.4, 0.5) is 0 Å². The summed E-state index contributed by atoms with van der Waals surface area (Å²) in [6.07, 6.45) is 0. The third-order valence-electron chi connectivity index (χ3n) is 2.55. The van der Waals surface area contributed by atoms with E-state index < -0.39 is 0 Å². The Kier molecular flexibility index (Phi) is 7.92. The Hall–Kier alpha value is -1.57. The zero-order valence-electron chi connectivity index (χ0n) is 12.5. The molecule has 0 aromatic heterocycles. The van der Waals surface area contributed by atoms with Gasteiger partial charge in [0.05, 0.1) is 11.8 Å². The van der Waals surface area contributed by atoms with Gasteiger partial charge in [-0.2, -0.15) is 0 Å². The first-order valence-electron chi connectivity index (χ1n) is 6.87. The second-order valence-corrected chi connectivity index (χ2v) is 7.40. The third kappa shape index (κ3) is 7.49. The lowest BCUT2D eigenvalue weighted by Crippen LogP contribution is -2.07. The van der Waals surface area contributed by atoms with Crippen LogP contribution in [0.2, 0.25) is 0 Å². The van der Waals surface area contributed by atoms with Crippen molar-refractivity contribution in [2.75, 3.05) is 11.8 Å². The fourth-order valence-electron chi connectivity index (χ4n) is 1.54.